The average molecular weight is 338 g/mol. The van der Waals surface area contributed by atoms with E-state index < -0.39 is 0 Å². The van der Waals surface area contributed by atoms with Crippen molar-refractivity contribution in [3.05, 3.63) is 90.5 Å². The van der Waals surface area contributed by atoms with Crippen LogP contribution in [0.3, 0.4) is 0 Å². The zero-order chi connectivity index (χ0) is 17.9. The Morgan fingerprint density at radius 2 is 1.35 bits per heavy atom. The van der Waals surface area contributed by atoms with Crippen LogP contribution in [0.2, 0.25) is 0 Å². The Labute approximate surface area is 154 Å². The standard InChI is InChI=1S/C25H22O/c1-3-26-24-17-22(19-10-6-4-7-11-19)23-16-18(2)14-15-21(23)25(24)20-12-8-5-9-13-20/h4-17H,3H2,1-2H3. The highest BCUT2D eigenvalue weighted by Gasteiger charge is 2.16. The Bertz CT molecular complexity index is 1030. The highest BCUT2D eigenvalue weighted by Crippen LogP contribution is 2.42. The van der Waals surface area contributed by atoms with Gasteiger partial charge in [0.15, 0.2) is 0 Å². The highest BCUT2D eigenvalue weighted by molar-refractivity contribution is 6.07. The molecule has 0 atom stereocenters. The second-order valence-corrected chi connectivity index (χ2v) is 6.51. The topological polar surface area (TPSA) is 9.23 Å². The van der Waals surface area contributed by atoms with Crippen molar-refractivity contribution in [1.29, 1.82) is 0 Å². The number of rotatable bonds is 4. The zero-order valence-corrected chi connectivity index (χ0v) is 15.2. The first-order valence-corrected chi connectivity index (χ1v) is 9.09. The Hall–Kier alpha value is -3.06. The van der Waals surface area contributed by atoms with Crippen LogP contribution in [0.5, 0.6) is 5.75 Å². The lowest BCUT2D eigenvalue weighted by Crippen LogP contribution is -1.97. The van der Waals surface area contributed by atoms with Crippen molar-refractivity contribution in [2.75, 3.05) is 6.61 Å². The van der Waals surface area contributed by atoms with E-state index in [0.29, 0.717) is 6.61 Å². The predicted molar refractivity (Wildman–Crippen MR) is 111 cm³/mol. The number of hydrogen-bond donors (Lipinski definition) is 0. The van der Waals surface area contributed by atoms with E-state index in [0.717, 1.165) is 5.75 Å². The smallest absolute Gasteiger partial charge is 0.128 e. The molecule has 0 unspecified atom stereocenters. The van der Waals surface area contributed by atoms with Crippen LogP contribution in [0.1, 0.15) is 12.5 Å². The summed E-state index contributed by atoms with van der Waals surface area (Å²) in [5, 5.41) is 2.49. The van der Waals surface area contributed by atoms with Gasteiger partial charge in [-0.25, -0.2) is 0 Å². The molecule has 0 N–H and O–H groups in total. The summed E-state index contributed by atoms with van der Waals surface area (Å²) < 4.78 is 6.09. The van der Waals surface area contributed by atoms with Crippen molar-refractivity contribution < 1.29 is 4.74 Å². The third-order valence-corrected chi connectivity index (χ3v) is 4.70. The van der Waals surface area contributed by atoms with Crippen LogP contribution in [0.15, 0.2) is 84.9 Å². The molecule has 0 fully saturated rings. The Balaban J connectivity index is 2.10. The molecule has 0 spiro atoms. The third-order valence-electron chi connectivity index (χ3n) is 4.70. The largest absolute Gasteiger partial charge is 0.493 e. The number of ether oxygens (including phenoxy) is 1. The van der Waals surface area contributed by atoms with Crippen LogP contribution in [-0.4, -0.2) is 6.61 Å². The molecule has 4 aromatic rings. The van der Waals surface area contributed by atoms with Crippen LogP contribution in [0, 0.1) is 6.92 Å². The maximum Gasteiger partial charge on any atom is 0.128 e. The lowest BCUT2D eigenvalue weighted by Gasteiger charge is -2.18. The van der Waals surface area contributed by atoms with Gasteiger partial charge in [-0.1, -0.05) is 84.4 Å². The molecule has 0 heterocycles. The minimum atomic E-state index is 0.644. The van der Waals surface area contributed by atoms with E-state index in [1.54, 1.807) is 0 Å². The van der Waals surface area contributed by atoms with Gasteiger partial charge in [0.1, 0.15) is 5.75 Å². The number of hydrogen-bond acceptors (Lipinski definition) is 1. The third kappa shape index (κ3) is 2.97. The summed E-state index contributed by atoms with van der Waals surface area (Å²) in [6, 6.07) is 29.9. The maximum absolute atomic E-state index is 6.09. The fraction of sp³-hybridized carbons (Fsp3) is 0.120. The summed E-state index contributed by atoms with van der Waals surface area (Å²) in [7, 11) is 0. The molecule has 0 bridgehead atoms. The van der Waals surface area contributed by atoms with Gasteiger partial charge in [-0.05, 0) is 47.4 Å². The van der Waals surface area contributed by atoms with E-state index in [2.05, 4.69) is 91.9 Å². The van der Waals surface area contributed by atoms with Crippen molar-refractivity contribution in [3.63, 3.8) is 0 Å². The predicted octanol–water partition coefficient (Wildman–Crippen LogP) is 6.88. The molecule has 0 aliphatic carbocycles. The lowest BCUT2D eigenvalue weighted by molar-refractivity contribution is 0.342. The Kier molecular flexibility index (Phi) is 4.45. The number of benzene rings is 4. The van der Waals surface area contributed by atoms with E-state index in [9.17, 15) is 0 Å². The fourth-order valence-electron chi connectivity index (χ4n) is 3.54. The molecule has 0 aliphatic rings. The SMILES string of the molecule is CCOc1cc(-c2ccccc2)c2cc(C)ccc2c1-c1ccccc1. The molecule has 0 radical (unpaired) electrons. The second kappa shape index (κ2) is 7.05. The van der Waals surface area contributed by atoms with Crippen molar-refractivity contribution in [2.24, 2.45) is 0 Å². The van der Waals surface area contributed by atoms with Crippen molar-refractivity contribution in [2.45, 2.75) is 13.8 Å². The van der Waals surface area contributed by atoms with Gasteiger partial charge in [-0.15, -0.1) is 0 Å². The van der Waals surface area contributed by atoms with Crippen molar-refractivity contribution in [3.8, 4) is 28.0 Å². The highest BCUT2D eigenvalue weighted by atomic mass is 16.5. The lowest BCUT2D eigenvalue weighted by atomic mass is 9.90. The fourth-order valence-corrected chi connectivity index (χ4v) is 3.54. The summed E-state index contributed by atoms with van der Waals surface area (Å²) >= 11 is 0. The Morgan fingerprint density at radius 1 is 0.692 bits per heavy atom. The monoisotopic (exact) mass is 338 g/mol. The van der Waals surface area contributed by atoms with E-state index in [4.69, 9.17) is 4.74 Å². The quantitative estimate of drug-likeness (QED) is 0.394. The zero-order valence-electron chi connectivity index (χ0n) is 15.2. The molecule has 1 nitrogen and oxygen atoms in total. The molecule has 0 amide bonds. The molecule has 0 aliphatic heterocycles. The second-order valence-electron chi connectivity index (χ2n) is 6.51. The van der Waals surface area contributed by atoms with Crippen molar-refractivity contribution >= 4 is 10.8 Å². The van der Waals surface area contributed by atoms with Crippen LogP contribution >= 0.6 is 0 Å². The Morgan fingerprint density at radius 3 is 2.00 bits per heavy atom. The number of aryl methyl sites for hydroxylation is 1. The van der Waals surface area contributed by atoms with Gasteiger partial charge in [0.2, 0.25) is 0 Å². The molecular formula is C25H22O. The minimum Gasteiger partial charge on any atom is -0.493 e. The molecule has 4 rings (SSSR count). The van der Waals surface area contributed by atoms with Gasteiger partial charge in [-0.3, -0.25) is 0 Å². The molecular weight excluding hydrogens is 316 g/mol. The van der Waals surface area contributed by atoms with Crippen LogP contribution in [0.4, 0.5) is 0 Å². The van der Waals surface area contributed by atoms with Gasteiger partial charge in [0.05, 0.1) is 6.61 Å². The maximum atomic E-state index is 6.09. The molecule has 0 aromatic heterocycles. The van der Waals surface area contributed by atoms with Gasteiger partial charge in [0, 0.05) is 5.56 Å². The van der Waals surface area contributed by atoms with Crippen molar-refractivity contribution in [1.82, 2.24) is 0 Å². The van der Waals surface area contributed by atoms with Crippen LogP contribution < -0.4 is 4.74 Å². The summed E-state index contributed by atoms with van der Waals surface area (Å²) in [5.74, 6) is 0.939. The van der Waals surface area contributed by atoms with Gasteiger partial charge in [-0.2, -0.15) is 0 Å². The summed E-state index contributed by atoms with van der Waals surface area (Å²) in [5.41, 5.74) is 6.04. The first-order valence-electron chi connectivity index (χ1n) is 9.09. The summed E-state index contributed by atoms with van der Waals surface area (Å²) in [6.45, 7) is 4.83. The van der Waals surface area contributed by atoms with Gasteiger partial charge >= 0.3 is 0 Å². The van der Waals surface area contributed by atoms with E-state index >= 15 is 0 Å². The van der Waals surface area contributed by atoms with Gasteiger partial charge < -0.3 is 4.74 Å². The van der Waals surface area contributed by atoms with Crippen LogP contribution in [-0.2, 0) is 0 Å². The first kappa shape index (κ1) is 16.4. The normalized spacial score (nSPS) is 10.8. The first-order chi connectivity index (χ1) is 12.8. The molecule has 0 saturated heterocycles. The molecule has 4 aromatic carbocycles. The average Bonchev–Trinajstić information content (AvgIpc) is 2.69. The molecule has 128 valence electrons. The molecule has 1 heteroatoms. The summed E-state index contributed by atoms with van der Waals surface area (Å²) in [4.78, 5) is 0. The molecule has 26 heavy (non-hydrogen) atoms. The van der Waals surface area contributed by atoms with Gasteiger partial charge in [0.25, 0.3) is 0 Å². The molecule has 0 saturated carbocycles. The number of fused-ring (bicyclic) bond motifs is 1. The summed E-state index contributed by atoms with van der Waals surface area (Å²) in [6.07, 6.45) is 0. The van der Waals surface area contributed by atoms with E-state index in [1.165, 1.54) is 38.6 Å². The van der Waals surface area contributed by atoms with Crippen LogP contribution in [0.25, 0.3) is 33.0 Å². The van der Waals surface area contributed by atoms with E-state index in [-0.39, 0.29) is 0 Å². The minimum absolute atomic E-state index is 0.644. The van der Waals surface area contributed by atoms with E-state index in [1.807, 2.05) is 6.92 Å².